The number of benzene rings is 2. The third-order valence-electron chi connectivity index (χ3n) is 7.13. The molecule has 2 aliphatic rings. The zero-order valence-corrected chi connectivity index (χ0v) is 22.0. The molecular weight excluding hydrogens is 486 g/mol. The normalized spacial score (nSPS) is 19.1. The molecule has 37 heavy (non-hydrogen) atoms. The third-order valence-corrected chi connectivity index (χ3v) is 7.38. The third kappa shape index (κ3) is 5.57. The monoisotopic (exact) mass is 517 g/mol. The highest BCUT2D eigenvalue weighted by Gasteiger charge is 2.27. The van der Waals surface area contributed by atoms with Gasteiger partial charge in [0.05, 0.1) is 17.3 Å². The molecule has 0 radical (unpaired) electrons. The Bertz CT molecular complexity index is 1300. The average Bonchev–Trinajstić information content (AvgIpc) is 3.05. The van der Waals surface area contributed by atoms with Gasteiger partial charge >= 0.3 is 0 Å². The van der Waals surface area contributed by atoms with E-state index in [1.165, 1.54) is 0 Å². The van der Waals surface area contributed by atoms with E-state index in [4.69, 9.17) is 16.3 Å². The molecule has 192 valence electrons. The first-order chi connectivity index (χ1) is 17.8. The molecule has 1 unspecified atom stereocenters. The van der Waals surface area contributed by atoms with Crippen molar-refractivity contribution in [1.82, 2.24) is 9.88 Å². The van der Waals surface area contributed by atoms with Gasteiger partial charge in [0.15, 0.2) is 0 Å². The van der Waals surface area contributed by atoms with Crippen LogP contribution in [0.25, 0.3) is 5.57 Å². The molecule has 3 heterocycles. The fraction of sp³-hybridized carbons (Fsp3) is 0.333. The van der Waals surface area contributed by atoms with Crippen molar-refractivity contribution in [2.24, 2.45) is 0 Å². The van der Waals surface area contributed by atoms with Gasteiger partial charge in [0.25, 0.3) is 0 Å². The Morgan fingerprint density at radius 1 is 1.14 bits per heavy atom. The number of aldehydes is 1. The van der Waals surface area contributed by atoms with Crippen molar-refractivity contribution >= 4 is 29.1 Å². The van der Waals surface area contributed by atoms with Crippen LogP contribution in [-0.4, -0.2) is 53.5 Å². The van der Waals surface area contributed by atoms with Crippen LogP contribution >= 0.6 is 11.6 Å². The lowest BCUT2D eigenvalue weighted by Crippen LogP contribution is -2.54. The zero-order chi connectivity index (χ0) is 26.0. The lowest BCUT2D eigenvalue weighted by Gasteiger charge is -2.40. The van der Waals surface area contributed by atoms with Crippen molar-refractivity contribution in [1.29, 1.82) is 0 Å². The standard InChI is InChI=1S/C30H32ClN3O3/c1-30(2,36)21-7-12-29-27(17-21)25(26-5-3-13-32-28(26)20-37-29)6-4-14-33-15-16-34(24(18-33)19-35)23-10-8-22(31)9-11-23/h3,5-13,17,19,24,36H,4,14-16,18,20H2,1-2H3/b25-6+. The van der Waals surface area contributed by atoms with Gasteiger partial charge in [-0.25, -0.2) is 0 Å². The Balaban J connectivity index is 1.37. The second kappa shape index (κ2) is 10.7. The van der Waals surface area contributed by atoms with Crippen molar-refractivity contribution in [3.8, 4) is 5.75 Å². The van der Waals surface area contributed by atoms with E-state index < -0.39 is 5.60 Å². The molecular formula is C30H32ClN3O3. The lowest BCUT2D eigenvalue weighted by atomic mass is 9.90. The van der Waals surface area contributed by atoms with Gasteiger partial charge in [-0.1, -0.05) is 29.8 Å². The van der Waals surface area contributed by atoms with Gasteiger partial charge in [0.1, 0.15) is 18.6 Å². The summed E-state index contributed by atoms with van der Waals surface area (Å²) >= 11 is 6.04. The summed E-state index contributed by atoms with van der Waals surface area (Å²) in [4.78, 5) is 21.0. The van der Waals surface area contributed by atoms with Crippen LogP contribution in [0, 0.1) is 0 Å². The van der Waals surface area contributed by atoms with Crippen molar-refractivity contribution in [2.75, 3.05) is 31.1 Å². The molecule has 0 aliphatic carbocycles. The largest absolute Gasteiger partial charge is 0.487 e. The summed E-state index contributed by atoms with van der Waals surface area (Å²) in [7, 11) is 0. The van der Waals surface area contributed by atoms with Gasteiger partial charge in [-0.15, -0.1) is 0 Å². The summed E-state index contributed by atoms with van der Waals surface area (Å²) in [6.45, 7) is 7.14. The summed E-state index contributed by atoms with van der Waals surface area (Å²) in [5, 5.41) is 11.3. The first kappa shape index (κ1) is 25.5. The molecule has 1 saturated heterocycles. The SMILES string of the molecule is CC(C)(O)c1ccc2c(c1)/C(=C/CCN1CCN(c3ccc(Cl)cc3)C(C=O)C1)c1cccnc1CO2. The molecule has 6 nitrogen and oxygen atoms in total. The molecule has 0 bridgehead atoms. The second-order valence-corrected chi connectivity index (χ2v) is 10.6. The molecule has 1 N–H and O–H groups in total. The quantitative estimate of drug-likeness (QED) is 0.461. The smallest absolute Gasteiger partial charge is 0.143 e. The van der Waals surface area contributed by atoms with E-state index in [2.05, 4.69) is 26.9 Å². The van der Waals surface area contributed by atoms with E-state index in [9.17, 15) is 9.90 Å². The highest BCUT2D eigenvalue weighted by atomic mass is 35.5. The molecule has 1 aromatic heterocycles. The van der Waals surface area contributed by atoms with E-state index in [0.717, 1.165) is 71.7 Å². The number of aliphatic hydroxyl groups is 1. The summed E-state index contributed by atoms with van der Waals surface area (Å²) in [6.07, 6.45) is 5.88. The summed E-state index contributed by atoms with van der Waals surface area (Å²) in [5.74, 6) is 0.787. The molecule has 5 rings (SSSR count). The molecule has 0 spiro atoms. The minimum absolute atomic E-state index is 0.200. The Morgan fingerprint density at radius 3 is 2.70 bits per heavy atom. The molecule has 2 aromatic carbocycles. The molecule has 7 heteroatoms. The van der Waals surface area contributed by atoms with Gasteiger partial charge in [0.2, 0.25) is 0 Å². The predicted octanol–water partition coefficient (Wildman–Crippen LogP) is 5.07. The number of halogens is 1. The van der Waals surface area contributed by atoms with Crippen LogP contribution in [0.3, 0.4) is 0 Å². The number of carbonyl (C=O) groups excluding carboxylic acids is 1. The number of nitrogens with zero attached hydrogens (tertiary/aromatic N) is 3. The Kier molecular flexibility index (Phi) is 7.33. The van der Waals surface area contributed by atoms with Crippen LogP contribution in [0.1, 0.15) is 42.7 Å². The Hall–Kier alpha value is -3.19. The number of hydrogen-bond acceptors (Lipinski definition) is 6. The maximum atomic E-state index is 12.0. The van der Waals surface area contributed by atoms with E-state index in [-0.39, 0.29) is 6.04 Å². The first-order valence-electron chi connectivity index (χ1n) is 12.7. The topological polar surface area (TPSA) is 65.9 Å². The van der Waals surface area contributed by atoms with Crippen LogP contribution in [-0.2, 0) is 17.0 Å². The molecule has 0 saturated carbocycles. The Morgan fingerprint density at radius 2 is 1.95 bits per heavy atom. The van der Waals surface area contributed by atoms with E-state index in [1.54, 1.807) is 20.0 Å². The van der Waals surface area contributed by atoms with Gasteiger partial charge in [-0.3, -0.25) is 9.88 Å². The minimum Gasteiger partial charge on any atom is -0.487 e. The summed E-state index contributed by atoms with van der Waals surface area (Å²) < 4.78 is 6.11. The Labute approximate surface area is 223 Å². The highest BCUT2D eigenvalue weighted by Crippen LogP contribution is 2.38. The number of carbonyl (C=O) groups is 1. The van der Waals surface area contributed by atoms with Gasteiger partial charge in [-0.2, -0.15) is 0 Å². The second-order valence-electron chi connectivity index (χ2n) is 10.1. The van der Waals surface area contributed by atoms with E-state index in [1.807, 2.05) is 48.5 Å². The highest BCUT2D eigenvalue weighted by molar-refractivity contribution is 6.30. The molecule has 1 atom stereocenters. The molecule has 0 amide bonds. The van der Waals surface area contributed by atoms with Crippen LogP contribution in [0.2, 0.25) is 5.02 Å². The molecule has 1 fully saturated rings. The van der Waals surface area contributed by atoms with Gasteiger partial charge in [0, 0.05) is 54.2 Å². The first-order valence-corrected chi connectivity index (χ1v) is 13.1. The average molecular weight is 518 g/mol. The number of ether oxygens (including phenoxy) is 1. The fourth-order valence-corrected chi connectivity index (χ4v) is 5.22. The number of anilines is 1. The van der Waals surface area contributed by atoms with Gasteiger partial charge in [-0.05, 0) is 73.9 Å². The maximum Gasteiger partial charge on any atom is 0.143 e. The van der Waals surface area contributed by atoms with Crippen molar-refractivity contribution < 1.29 is 14.6 Å². The number of rotatable bonds is 6. The fourth-order valence-electron chi connectivity index (χ4n) is 5.09. The van der Waals surface area contributed by atoms with Crippen LogP contribution in [0.5, 0.6) is 5.75 Å². The summed E-state index contributed by atoms with van der Waals surface area (Å²) in [6, 6.07) is 17.4. The molecule has 2 aliphatic heterocycles. The van der Waals surface area contributed by atoms with Crippen molar-refractivity contribution in [2.45, 2.75) is 38.5 Å². The number of pyridine rings is 1. The van der Waals surface area contributed by atoms with Crippen LogP contribution < -0.4 is 9.64 Å². The number of fused-ring (bicyclic) bond motifs is 2. The number of hydrogen-bond donors (Lipinski definition) is 1. The minimum atomic E-state index is -0.960. The summed E-state index contributed by atoms with van der Waals surface area (Å²) in [5.41, 5.74) is 4.86. The van der Waals surface area contributed by atoms with Gasteiger partial charge < -0.3 is 19.5 Å². The zero-order valence-electron chi connectivity index (χ0n) is 21.2. The molecule has 3 aromatic rings. The van der Waals surface area contributed by atoms with Crippen LogP contribution in [0.15, 0.2) is 66.9 Å². The predicted molar refractivity (Wildman–Crippen MR) is 147 cm³/mol. The van der Waals surface area contributed by atoms with Crippen molar-refractivity contribution in [3.63, 3.8) is 0 Å². The van der Waals surface area contributed by atoms with E-state index in [0.29, 0.717) is 18.2 Å². The van der Waals surface area contributed by atoms with Crippen LogP contribution in [0.4, 0.5) is 5.69 Å². The number of piperazine rings is 1. The lowest BCUT2D eigenvalue weighted by molar-refractivity contribution is -0.109. The maximum absolute atomic E-state index is 12.0. The number of aromatic nitrogens is 1. The van der Waals surface area contributed by atoms with E-state index >= 15 is 0 Å². The van der Waals surface area contributed by atoms with Crippen molar-refractivity contribution in [3.05, 3.63) is 94.3 Å².